The minimum atomic E-state index is -0.246. The highest BCUT2D eigenvalue weighted by atomic mass is 19.1. The standard InChI is InChI=1S/C17H13BFNO/c18-16(11-12-6-8-14(19)9-7-12)21-15-5-1-3-13-4-2-10-20-17(13)15/h1-11H,18H2. The number of rotatable bonds is 3. The summed E-state index contributed by atoms with van der Waals surface area (Å²) in [4.78, 5) is 4.35. The molecule has 4 heteroatoms. The summed E-state index contributed by atoms with van der Waals surface area (Å²) in [5.41, 5.74) is 2.44. The highest BCUT2D eigenvalue weighted by Crippen LogP contribution is 2.24. The maximum Gasteiger partial charge on any atom is 0.186 e. The van der Waals surface area contributed by atoms with Gasteiger partial charge in [0, 0.05) is 11.6 Å². The lowest BCUT2D eigenvalue weighted by Crippen LogP contribution is -1.96. The van der Waals surface area contributed by atoms with Gasteiger partial charge in [0.05, 0.1) is 5.66 Å². The number of aromatic nitrogens is 1. The SMILES string of the molecule is BC(=Cc1ccc(F)cc1)Oc1cccc2cccnc12. The number of para-hydroxylation sites is 1. The van der Waals surface area contributed by atoms with Crippen molar-refractivity contribution in [1.29, 1.82) is 0 Å². The molecule has 1 heterocycles. The van der Waals surface area contributed by atoms with E-state index in [0.717, 1.165) is 22.1 Å². The zero-order valence-corrected chi connectivity index (χ0v) is 11.6. The first kappa shape index (κ1) is 13.4. The van der Waals surface area contributed by atoms with Crippen molar-refractivity contribution in [3.8, 4) is 5.75 Å². The second kappa shape index (κ2) is 5.79. The van der Waals surface area contributed by atoms with Crippen LogP contribution in [0.1, 0.15) is 5.56 Å². The average molecular weight is 277 g/mol. The normalized spacial score (nSPS) is 11.6. The van der Waals surface area contributed by atoms with Crippen LogP contribution < -0.4 is 4.74 Å². The molecule has 0 N–H and O–H groups in total. The Kier molecular flexibility index (Phi) is 3.69. The molecule has 3 rings (SSSR count). The Labute approximate surface area is 123 Å². The van der Waals surface area contributed by atoms with E-state index in [0.29, 0.717) is 5.75 Å². The molecule has 0 radical (unpaired) electrons. The van der Waals surface area contributed by atoms with Crippen molar-refractivity contribution in [2.24, 2.45) is 0 Å². The summed E-state index contributed by atoms with van der Waals surface area (Å²) in [5.74, 6) is 0.466. The van der Waals surface area contributed by atoms with Crippen molar-refractivity contribution in [3.05, 3.63) is 77.8 Å². The minimum absolute atomic E-state index is 0.246. The van der Waals surface area contributed by atoms with Gasteiger partial charge in [0.2, 0.25) is 0 Å². The van der Waals surface area contributed by atoms with Gasteiger partial charge in [-0.3, -0.25) is 4.98 Å². The Morgan fingerprint density at radius 2 is 1.81 bits per heavy atom. The molecule has 0 saturated heterocycles. The molecule has 3 aromatic rings. The van der Waals surface area contributed by atoms with Crippen LogP contribution in [0.4, 0.5) is 4.39 Å². The molecule has 0 atom stereocenters. The van der Waals surface area contributed by atoms with Gasteiger partial charge < -0.3 is 4.74 Å². The molecule has 2 aromatic carbocycles. The molecule has 0 bridgehead atoms. The van der Waals surface area contributed by atoms with Gasteiger partial charge in [-0.25, -0.2) is 4.39 Å². The second-order valence-corrected chi connectivity index (χ2v) is 4.74. The maximum atomic E-state index is 12.9. The van der Waals surface area contributed by atoms with E-state index in [1.807, 2.05) is 44.3 Å². The van der Waals surface area contributed by atoms with Crippen molar-refractivity contribution in [2.45, 2.75) is 0 Å². The zero-order chi connectivity index (χ0) is 14.7. The maximum absolute atomic E-state index is 12.9. The number of halogens is 1. The summed E-state index contributed by atoms with van der Waals surface area (Å²) in [5, 5.41) is 1.03. The fourth-order valence-corrected chi connectivity index (χ4v) is 2.16. The van der Waals surface area contributed by atoms with Crippen molar-refractivity contribution in [1.82, 2.24) is 4.98 Å². The van der Waals surface area contributed by atoms with Crippen LogP contribution in [-0.2, 0) is 0 Å². The van der Waals surface area contributed by atoms with E-state index in [4.69, 9.17) is 4.74 Å². The quantitative estimate of drug-likeness (QED) is 0.541. The monoisotopic (exact) mass is 277 g/mol. The third kappa shape index (κ3) is 3.11. The van der Waals surface area contributed by atoms with E-state index in [9.17, 15) is 4.39 Å². The molecule has 0 saturated carbocycles. The predicted molar refractivity (Wildman–Crippen MR) is 85.3 cm³/mol. The molecule has 102 valence electrons. The summed E-state index contributed by atoms with van der Waals surface area (Å²) < 4.78 is 18.8. The van der Waals surface area contributed by atoms with Gasteiger partial charge in [0.1, 0.15) is 11.3 Å². The van der Waals surface area contributed by atoms with Crippen LogP contribution in [0.2, 0.25) is 0 Å². The lowest BCUT2D eigenvalue weighted by molar-refractivity contribution is 0.471. The highest BCUT2D eigenvalue weighted by molar-refractivity contribution is 6.22. The molecule has 0 aliphatic rings. The van der Waals surface area contributed by atoms with Crippen molar-refractivity contribution in [2.75, 3.05) is 0 Å². The Bertz CT molecular complexity index is 794. The number of fused-ring (bicyclic) bond motifs is 1. The Hall–Kier alpha value is -2.62. The third-order valence-corrected chi connectivity index (χ3v) is 3.11. The number of nitrogens with zero attached hydrogens (tertiary/aromatic N) is 1. The van der Waals surface area contributed by atoms with E-state index < -0.39 is 0 Å². The van der Waals surface area contributed by atoms with E-state index in [1.54, 1.807) is 18.3 Å². The molecular formula is C17H13BFNO. The molecule has 0 amide bonds. The fourth-order valence-electron chi connectivity index (χ4n) is 2.16. The zero-order valence-electron chi connectivity index (χ0n) is 11.6. The van der Waals surface area contributed by atoms with Gasteiger partial charge in [-0.1, -0.05) is 30.3 Å². The smallest absolute Gasteiger partial charge is 0.186 e. The minimum Gasteiger partial charge on any atom is -0.470 e. The molecule has 0 unspecified atom stereocenters. The Morgan fingerprint density at radius 1 is 1.05 bits per heavy atom. The van der Waals surface area contributed by atoms with Crippen molar-refractivity contribution >= 4 is 24.8 Å². The van der Waals surface area contributed by atoms with Gasteiger partial charge in [-0.2, -0.15) is 0 Å². The van der Waals surface area contributed by atoms with Gasteiger partial charge in [0.15, 0.2) is 13.6 Å². The van der Waals surface area contributed by atoms with Crippen molar-refractivity contribution < 1.29 is 9.13 Å². The van der Waals surface area contributed by atoms with E-state index in [2.05, 4.69) is 4.98 Å². The number of hydrogen-bond acceptors (Lipinski definition) is 2. The van der Waals surface area contributed by atoms with Gasteiger partial charge in [0.25, 0.3) is 0 Å². The topological polar surface area (TPSA) is 22.1 Å². The third-order valence-electron chi connectivity index (χ3n) is 3.11. The molecule has 1 aromatic heterocycles. The molecule has 0 fully saturated rings. The predicted octanol–water partition coefficient (Wildman–Crippen LogP) is 3.38. The molecule has 0 aliphatic heterocycles. The van der Waals surface area contributed by atoms with Crippen LogP contribution in [0, 0.1) is 5.82 Å². The number of ether oxygens (including phenoxy) is 1. The first-order chi connectivity index (χ1) is 10.2. The molecule has 0 aliphatic carbocycles. The second-order valence-electron chi connectivity index (χ2n) is 4.74. The van der Waals surface area contributed by atoms with Gasteiger partial charge >= 0.3 is 0 Å². The lowest BCUT2D eigenvalue weighted by Gasteiger charge is -2.09. The summed E-state index contributed by atoms with van der Waals surface area (Å²) in [7, 11) is 1.87. The molecule has 0 spiro atoms. The number of pyridine rings is 1. The van der Waals surface area contributed by atoms with Crippen LogP contribution in [0.15, 0.2) is 66.5 Å². The lowest BCUT2D eigenvalue weighted by atomic mass is 10.0. The summed E-state index contributed by atoms with van der Waals surface area (Å²) in [6.45, 7) is 0. The Balaban J connectivity index is 1.89. The highest BCUT2D eigenvalue weighted by Gasteiger charge is 2.03. The summed E-state index contributed by atoms with van der Waals surface area (Å²) in [6, 6.07) is 16.0. The van der Waals surface area contributed by atoms with Crippen LogP contribution >= 0.6 is 0 Å². The van der Waals surface area contributed by atoms with Crippen LogP contribution in [0.25, 0.3) is 17.0 Å². The number of benzene rings is 2. The summed E-state index contributed by atoms with van der Waals surface area (Å²) in [6.07, 6.45) is 3.61. The number of hydrogen-bond donors (Lipinski definition) is 0. The summed E-state index contributed by atoms with van der Waals surface area (Å²) >= 11 is 0. The Morgan fingerprint density at radius 3 is 2.62 bits per heavy atom. The van der Waals surface area contributed by atoms with Gasteiger partial charge in [-0.05, 0) is 35.9 Å². The van der Waals surface area contributed by atoms with Crippen LogP contribution in [-0.4, -0.2) is 12.8 Å². The van der Waals surface area contributed by atoms with Gasteiger partial charge in [-0.15, -0.1) is 0 Å². The molecule has 21 heavy (non-hydrogen) atoms. The van der Waals surface area contributed by atoms with E-state index in [-0.39, 0.29) is 5.82 Å². The fraction of sp³-hybridized carbons (Fsp3) is 0. The molecular weight excluding hydrogens is 264 g/mol. The van der Waals surface area contributed by atoms with Crippen LogP contribution in [0.5, 0.6) is 5.75 Å². The molecule has 2 nitrogen and oxygen atoms in total. The first-order valence-corrected chi connectivity index (χ1v) is 6.68. The van der Waals surface area contributed by atoms with Crippen molar-refractivity contribution in [3.63, 3.8) is 0 Å². The average Bonchev–Trinajstić information content (AvgIpc) is 2.50. The van der Waals surface area contributed by atoms with Crippen LogP contribution in [0.3, 0.4) is 0 Å². The van der Waals surface area contributed by atoms with E-state index in [1.165, 1.54) is 12.1 Å². The first-order valence-electron chi connectivity index (χ1n) is 6.68. The largest absolute Gasteiger partial charge is 0.470 e. The van der Waals surface area contributed by atoms with E-state index >= 15 is 0 Å².